The van der Waals surface area contributed by atoms with Gasteiger partial charge in [-0.05, 0) is 38.2 Å². The van der Waals surface area contributed by atoms with Gasteiger partial charge in [0.1, 0.15) is 0 Å². The molecule has 0 fully saturated rings. The normalized spacial score (nSPS) is 12.3. The highest BCUT2D eigenvalue weighted by Gasteiger charge is 2.17. The van der Waals surface area contributed by atoms with Crippen LogP contribution < -0.4 is 14.8 Å². The van der Waals surface area contributed by atoms with Gasteiger partial charge in [-0.3, -0.25) is 9.67 Å². The summed E-state index contributed by atoms with van der Waals surface area (Å²) >= 11 is 0. The van der Waals surface area contributed by atoms with Crippen molar-refractivity contribution < 1.29 is 9.47 Å². The lowest BCUT2D eigenvalue weighted by atomic mass is 10.1. The Kier molecular flexibility index (Phi) is 11.0. The summed E-state index contributed by atoms with van der Waals surface area (Å²) in [6.07, 6.45) is 4.84. The van der Waals surface area contributed by atoms with Crippen molar-refractivity contribution in [1.82, 2.24) is 24.9 Å². The van der Waals surface area contributed by atoms with Crippen molar-refractivity contribution >= 4 is 29.9 Å². The van der Waals surface area contributed by atoms with E-state index in [1.165, 1.54) is 11.1 Å². The zero-order valence-corrected chi connectivity index (χ0v) is 21.4. The number of aryl methyl sites for hydroxylation is 1. The molecule has 168 valence electrons. The van der Waals surface area contributed by atoms with Crippen molar-refractivity contribution in [3.8, 4) is 11.5 Å². The second-order valence-electron chi connectivity index (χ2n) is 7.22. The molecule has 0 aliphatic rings. The number of halogens is 1. The minimum atomic E-state index is 0. The number of nitrogens with zero attached hydrogens (tertiary/aromatic N) is 5. The van der Waals surface area contributed by atoms with Crippen LogP contribution in [0.15, 0.2) is 35.6 Å². The van der Waals surface area contributed by atoms with Crippen LogP contribution in [0.2, 0.25) is 0 Å². The molecule has 1 heterocycles. The standard InChI is InChI=1S/C21H34N6O2.HI/c1-22-21(23-14-18(25(2)3)17-13-24-27(5)15-17)26(4)11-10-16-8-9-19(28-6)20(12-16)29-7;/h8-9,12-13,15,18H,10-11,14H2,1-7H3,(H,22,23);1H. The van der Waals surface area contributed by atoms with Crippen molar-refractivity contribution in [3.63, 3.8) is 0 Å². The third-order valence-electron chi connectivity index (χ3n) is 4.94. The molecule has 1 aromatic heterocycles. The topological polar surface area (TPSA) is 67.2 Å². The highest BCUT2D eigenvalue weighted by molar-refractivity contribution is 14.0. The van der Waals surface area contributed by atoms with Crippen LogP contribution in [0.25, 0.3) is 0 Å². The van der Waals surface area contributed by atoms with E-state index >= 15 is 0 Å². The molecular formula is C21H35IN6O2. The molecule has 0 saturated carbocycles. The summed E-state index contributed by atoms with van der Waals surface area (Å²) in [6, 6.07) is 6.24. The summed E-state index contributed by atoms with van der Waals surface area (Å²) in [5, 5.41) is 7.78. The number of guanidine groups is 1. The molecule has 2 aromatic rings. The number of hydrogen-bond acceptors (Lipinski definition) is 5. The fraction of sp³-hybridized carbons (Fsp3) is 0.524. The van der Waals surface area contributed by atoms with Gasteiger partial charge in [0.05, 0.1) is 26.5 Å². The van der Waals surface area contributed by atoms with Crippen molar-refractivity contribution in [1.29, 1.82) is 0 Å². The second-order valence-corrected chi connectivity index (χ2v) is 7.22. The highest BCUT2D eigenvalue weighted by Crippen LogP contribution is 2.27. The summed E-state index contributed by atoms with van der Waals surface area (Å²) in [7, 11) is 13.2. The lowest BCUT2D eigenvalue weighted by Crippen LogP contribution is -2.43. The molecule has 9 heteroatoms. The average molecular weight is 530 g/mol. The van der Waals surface area contributed by atoms with Crippen molar-refractivity contribution in [3.05, 3.63) is 41.7 Å². The van der Waals surface area contributed by atoms with Gasteiger partial charge >= 0.3 is 0 Å². The number of hydrogen-bond donors (Lipinski definition) is 1. The predicted octanol–water partition coefficient (Wildman–Crippen LogP) is 2.41. The van der Waals surface area contributed by atoms with Gasteiger partial charge in [-0.1, -0.05) is 6.07 Å². The van der Waals surface area contributed by atoms with E-state index in [2.05, 4.69) is 51.6 Å². The van der Waals surface area contributed by atoms with E-state index in [0.29, 0.717) is 0 Å². The number of likely N-dealkylation sites (N-methyl/N-ethyl adjacent to an activating group) is 2. The van der Waals surface area contributed by atoms with Crippen LogP contribution in [0, 0.1) is 0 Å². The van der Waals surface area contributed by atoms with Gasteiger partial charge in [-0.15, -0.1) is 24.0 Å². The van der Waals surface area contributed by atoms with Crippen molar-refractivity contribution in [2.45, 2.75) is 12.5 Å². The average Bonchev–Trinajstić information content (AvgIpc) is 3.14. The Bertz CT molecular complexity index is 809. The second kappa shape index (κ2) is 12.6. The number of benzene rings is 1. The summed E-state index contributed by atoms with van der Waals surface area (Å²) in [6.45, 7) is 1.57. The maximum atomic E-state index is 5.40. The lowest BCUT2D eigenvalue weighted by molar-refractivity contribution is 0.295. The number of aliphatic imine (C=N–C) groups is 1. The molecule has 2 rings (SSSR count). The number of methoxy groups -OCH3 is 2. The van der Waals surface area contributed by atoms with E-state index in [1.54, 1.807) is 14.2 Å². The van der Waals surface area contributed by atoms with Crippen LogP contribution in [-0.2, 0) is 13.5 Å². The summed E-state index contributed by atoms with van der Waals surface area (Å²) in [5.41, 5.74) is 2.36. The lowest BCUT2D eigenvalue weighted by Gasteiger charge is -2.27. The van der Waals surface area contributed by atoms with E-state index in [-0.39, 0.29) is 30.0 Å². The van der Waals surface area contributed by atoms with Gasteiger partial charge in [-0.2, -0.15) is 5.10 Å². The number of ether oxygens (including phenoxy) is 2. The van der Waals surface area contributed by atoms with Gasteiger partial charge in [0, 0.05) is 46.0 Å². The molecule has 8 nitrogen and oxygen atoms in total. The molecule has 30 heavy (non-hydrogen) atoms. The van der Waals surface area contributed by atoms with Gasteiger partial charge < -0.3 is 24.6 Å². The van der Waals surface area contributed by atoms with Crippen LogP contribution >= 0.6 is 24.0 Å². The first-order valence-corrected chi connectivity index (χ1v) is 9.67. The molecule has 0 radical (unpaired) electrons. The van der Waals surface area contributed by atoms with Crippen LogP contribution in [0.1, 0.15) is 17.2 Å². The van der Waals surface area contributed by atoms with Crippen LogP contribution in [0.5, 0.6) is 11.5 Å². The Balaban J connectivity index is 0.00000450. The van der Waals surface area contributed by atoms with E-state index in [0.717, 1.165) is 37.0 Å². The Hall–Kier alpha value is -2.01. The van der Waals surface area contributed by atoms with E-state index in [4.69, 9.17) is 9.47 Å². The molecule has 1 N–H and O–H groups in total. The molecular weight excluding hydrogens is 495 g/mol. The Labute approximate surface area is 197 Å². The molecule has 0 bridgehead atoms. The zero-order valence-electron chi connectivity index (χ0n) is 19.0. The Morgan fingerprint density at radius 1 is 1.20 bits per heavy atom. The SMILES string of the molecule is CN=C(NCC(c1cnn(C)c1)N(C)C)N(C)CCc1ccc(OC)c(OC)c1.I. The first-order valence-electron chi connectivity index (χ1n) is 9.67. The smallest absolute Gasteiger partial charge is 0.193 e. The maximum Gasteiger partial charge on any atom is 0.193 e. The van der Waals surface area contributed by atoms with Crippen LogP contribution in [0.3, 0.4) is 0 Å². The van der Waals surface area contributed by atoms with E-state index in [9.17, 15) is 0 Å². The fourth-order valence-electron chi connectivity index (χ4n) is 3.22. The molecule has 1 aromatic carbocycles. The molecule has 1 unspecified atom stereocenters. The van der Waals surface area contributed by atoms with E-state index < -0.39 is 0 Å². The number of rotatable bonds is 9. The van der Waals surface area contributed by atoms with Crippen LogP contribution in [-0.4, -0.2) is 81.0 Å². The number of nitrogens with one attached hydrogen (secondary N) is 1. The molecule has 0 amide bonds. The molecule has 0 aliphatic heterocycles. The minimum Gasteiger partial charge on any atom is -0.493 e. The summed E-state index contributed by atoms with van der Waals surface area (Å²) < 4.78 is 12.5. The number of aromatic nitrogens is 2. The summed E-state index contributed by atoms with van der Waals surface area (Å²) in [4.78, 5) is 8.75. The first kappa shape index (κ1) is 26.0. The quantitative estimate of drug-likeness (QED) is 0.305. The third kappa shape index (κ3) is 7.05. The summed E-state index contributed by atoms with van der Waals surface area (Å²) in [5.74, 6) is 2.36. The van der Waals surface area contributed by atoms with E-state index in [1.807, 2.05) is 44.2 Å². The first-order chi connectivity index (χ1) is 13.9. The molecule has 0 saturated heterocycles. The zero-order chi connectivity index (χ0) is 21.4. The van der Waals surface area contributed by atoms with Gasteiger partial charge in [-0.25, -0.2) is 0 Å². The predicted molar refractivity (Wildman–Crippen MR) is 132 cm³/mol. The Morgan fingerprint density at radius 2 is 1.90 bits per heavy atom. The van der Waals surface area contributed by atoms with Crippen molar-refractivity contribution in [2.75, 3.05) is 55.5 Å². The van der Waals surface area contributed by atoms with Gasteiger partial charge in [0.2, 0.25) is 0 Å². The Morgan fingerprint density at radius 3 is 2.43 bits per heavy atom. The highest BCUT2D eigenvalue weighted by atomic mass is 127. The monoisotopic (exact) mass is 530 g/mol. The minimum absolute atomic E-state index is 0. The molecule has 1 atom stereocenters. The third-order valence-corrected chi connectivity index (χ3v) is 4.94. The fourth-order valence-corrected chi connectivity index (χ4v) is 3.22. The van der Waals surface area contributed by atoms with Gasteiger partial charge in [0.25, 0.3) is 0 Å². The van der Waals surface area contributed by atoms with Gasteiger partial charge in [0.15, 0.2) is 17.5 Å². The molecule has 0 spiro atoms. The largest absolute Gasteiger partial charge is 0.493 e. The molecule has 0 aliphatic carbocycles. The van der Waals surface area contributed by atoms with Crippen molar-refractivity contribution in [2.24, 2.45) is 12.0 Å². The van der Waals surface area contributed by atoms with Crippen LogP contribution in [0.4, 0.5) is 0 Å². The maximum absolute atomic E-state index is 5.40.